The van der Waals surface area contributed by atoms with Gasteiger partial charge in [0.15, 0.2) is 5.78 Å². The average Bonchev–Trinajstić information content (AvgIpc) is 1.69. The Morgan fingerprint density at radius 2 is 0.776 bits per heavy atom. The van der Waals surface area contributed by atoms with Crippen molar-refractivity contribution in [3.63, 3.8) is 0 Å². The minimum atomic E-state index is -2.90. The lowest BCUT2D eigenvalue weighted by Gasteiger charge is -2.29. The van der Waals surface area contributed by atoms with E-state index in [-0.39, 0.29) is 33.8 Å². The zero-order valence-corrected chi connectivity index (χ0v) is 96.5. The van der Waals surface area contributed by atoms with E-state index in [4.69, 9.17) is 32.8 Å². The van der Waals surface area contributed by atoms with E-state index in [1.807, 2.05) is 88.5 Å². The summed E-state index contributed by atoms with van der Waals surface area (Å²) in [6.45, 7) is 39.5. The highest BCUT2D eigenvalue weighted by atomic mass is 79.9. The summed E-state index contributed by atoms with van der Waals surface area (Å²) in [5.74, 6) is -1.93. The predicted octanol–water partition coefficient (Wildman–Crippen LogP) is 34.5. The molecule has 0 unspecified atom stereocenters. The number of hydrogen-bond donors (Lipinski definition) is 2. The van der Waals surface area contributed by atoms with Crippen LogP contribution in [0.2, 0.25) is 0 Å². The highest BCUT2D eigenvalue weighted by Gasteiger charge is 2.31. The number of halogens is 1. The zero-order valence-electron chi connectivity index (χ0n) is 89.1. The van der Waals surface area contributed by atoms with Crippen LogP contribution in [0.1, 0.15) is 364 Å². The van der Waals surface area contributed by atoms with E-state index in [1.165, 1.54) is 274 Å². The lowest BCUT2D eigenvalue weighted by atomic mass is 9.87. The van der Waals surface area contributed by atoms with Gasteiger partial charge in [-0.1, -0.05) is 338 Å². The molecule has 0 atom stereocenters. The molecule has 2 N–H and O–H groups in total. The van der Waals surface area contributed by atoms with Crippen LogP contribution in [0, 0.1) is 0 Å². The lowest BCUT2D eigenvalue weighted by Crippen LogP contribution is -2.35. The molecule has 5 heterocycles. The molecule has 17 nitrogen and oxygen atoms in total. The Morgan fingerprint density at radius 1 is 0.401 bits per heavy atom. The van der Waals surface area contributed by atoms with E-state index in [0.29, 0.717) is 56.4 Å². The van der Waals surface area contributed by atoms with Gasteiger partial charge in [-0.05, 0) is 241 Å². The van der Waals surface area contributed by atoms with Crippen LogP contribution in [0.5, 0.6) is 11.5 Å². The molecule has 2 aliphatic rings. The van der Waals surface area contributed by atoms with Gasteiger partial charge < -0.3 is 52.6 Å². The maximum atomic E-state index is 13.4. The van der Waals surface area contributed by atoms with Gasteiger partial charge in [-0.3, -0.25) is 28.6 Å². The summed E-state index contributed by atoms with van der Waals surface area (Å²) in [7, 11) is -3.96. The first-order valence-corrected chi connectivity index (χ1v) is 61.9. The van der Waals surface area contributed by atoms with Crippen LogP contribution >= 0.6 is 88.8 Å². The molecule has 0 amide bonds. The van der Waals surface area contributed by atoms with Gasteiger partial charge in [0.1, 0.15) is 6.29 Å². The Hall–Kier alpha value is -7.54. The number of aromatic hydroxyl groups is 2. The van der Waals surface area contributed by atoms with Gasteiger partial charge in [-0.25, -0.2) is 0 Å². The van der Waals surface area contributed by atoms with Crippen LogP contribution in [0.4, 0.5) is 17.1 Å². The van der Waals surface area contributed by atoms with Gasteiger partial charge in [0.25, 0.3) is 10.9 Å². The van der Waals surface area contributed by atoms with Crippen LogP contribution in [0.3, 0.4) is 0 Å². The monoisotopic (exact) mass is 2210 g/mol. The molecule has 25 heteroatoms. The number of aldehydes is 1. The van der Waals surface area contributed by atoms with Gasteiger partial charge in [0, 0.05) is 118 Å². The number of thiophene rings is 5. The van der Waals surface area contributed by atoms with E-state index < -0.39 is 38.6 Å². The van der Waals surface area contributed by atoms with Crippen LogP contribution in [-0.2, 0) is 43.5 Å². The first kappa shape index (κ1) is 136. The second-order valence-corrected chi connectivity index (χ2v) is 44.8. The van der Waals surface area contributed by atoms with Crippen molar-refractivity contribution < 1.29 is 52.1 Å². The van der Waals surface area contributed by atoms with E-state index in [0.717, 1.165) is 91.3 Å². The number of rotatable bonds is 64. The first-order valence-electron chi connectivity index (χ1n) is 53.7. The van der Waals surface area contributed by atoms with E-state index >= 15 is 0 Å². The summed E-state index contributed by atoms with van der Waals surface area (Å²) < 4.78 is 39.6. The molecular weight excluding hydrogens is 2030 g/mol. The molecule has 2 aliphatic carbocycles. The van der Waals surface area contributed by atoms with Crippen LogP contribution in [-0.4, -0.2) is 119 Å². The standard InChI is InChI=1S/C52H70N2O2S2.C24H35NS.C19H31NO.C9H15O3PS.C6H15O3P.C5H5BrS.C4H2O4.3CH4/c1-5-9-13-17-37-53(38-18-14-10-6-2)43-27-21-41(22-28-43)25-31-45-33-35-47(57-45)49-51(55)50(52(49)56)48-36-34-46(58-48)32-26-42-23-29-44(30-24-42)54(39-19-15-11-7-3)40-20-16-12-8-4;1-3-5-7-9-19-25(20-10-8-6-4-2)23-16-13-22(14-17-23)15-18-24-12-11-21-26-24;1-3-5-7-9-15-20(16-10-8-6-4-2)19-13-11-18(17-21)12-14-19;1-3-11-13(10,12-4-2)8-9-6-5-7-14-9;1-4-7-10(8-5-2)9-6-3;6-4-5-2-1-3-7-5;5-1-2(6)4(8)3(1)7;;;/h21-36,43,55H,5-20,37-40H2,1-4H3;11-18,21H,3-10,19-20H2,1-2H3;11-14,17H,3-10,15-16H2,1-2H3;5-7H,3-4,8H2,1-2H3;4-6H2,1-3H3;1-3H,4H2;5-6H;3*1H4/p-1/b32-26+,41-25?,45-31+,49-47?;18-15+;;;;;;;;. The van der Waals surface area contributed by atoms with Crippen LogP contribution < -0.4 is 39.7 Å². The fraction of sp³-hybridized carbons (Fsp3) is 0.525. The molecule has 0 aliphatic heterocycles. The number of carbonyl (C=O) groups excluding carboxylic acids is 2. The molecule has 0 saturated heterocycles. The average molecular weight is 2220 g/mol. The molecule has 5 aromatic heterocycles. The molecular formula is C122H184BrN4O13P2S5-. The second-order valence-electron chi connectivity index (χ2n) is 35.6. The largest absolute Gasteiger partial charge is 0.871 e. The number of alkyl halides is 1. The second kappa shape index (κ2) is 85.0. The van der Waals surface area contributed by atoms with E-state index in [1.54, 1.807) is 34.0 Å². The maximum Gasteiger partial charge on any atom is 0.335 e. The predicted molar refractivity (Wildman–Crippen MR) is 649 cm³/mol. The van der Waals surface area contributed by atoms with Crippen molar-refractivity contribution in [2.24, 2.45) is 0 Å². The molecule has 147 heavy (non-hydrogen) atoms. The third-order valence-corrected chi connectivity index (χ3v) is 33.3. The number of ketones is 1. The van der Waals surface area contributed by atoms with Crippen molar-refractivity contribution in [2.45, 2.75) is 335 Å². The number of nitrogens with zero attached hydrogens (tertiary/aromatic N) is 4. The molecule has 0 bridgehead atoms. The Balaban J connectivity index is 0.000000673. The van der Waals surface area contributed by atoms with E-state index in [9.17, 15) is 28.8 Å². The van der Waals surface area contributed by atoms with Gasteiger partial charge in [0.2, 0.25) is 11.5 Å². The number of allylic oxidation sites excluding steroid dienone is 6. The zero-order chi connectivity index (χ0) is 104. The normalized spacial score (nSPS) is 13.0. The van der Waals surface area contributed by atoms with Crippen LogP contribution in [0.25, 0.3) is 41.5 Å². The molecule has 11 rings (SSSR count). The molecule has 0 fully saturated rings. The number of carbonyl (C=O) groups is 2. The quantitative estimate of drug-likeness (QED) is 0.0119. The summed E-state index contributed by atoms with van der Waals surface area (Å²) in [5, 5.41) is 37.0. The summed E-state index contributed by atoms with van der Waals surface area (Å²) in [6.07, 6.45) is 64.8. The summed E-state index contributed by atoms with van der Waals surface area (Å²) >= 11 is 11.5. The summed E-state index contributed by atoms with van der Waals surface area (Å²) in [4.78, 5) is 59.9. The number of Topliss-reactive ketones (excluding diaryl/α,β-unsaturated/α-hetero) is 1. The molecule has 0 spiro atoms. The first-order chi connectivity index (χ1) is 70.2. The highest BCUT2D eigenvalue weighted by molar-refractivity contribution is 9.08. The SMILES string of the molecule is BrCc1cccs1.C.C.C.CCCCCCN(CCCCCC)c1ccc(/C=C/c2ccc(C3=C([O-])C(=c4cc/c(=C\C=C5C=CC(N(CCCCCC)CCCCCC)C=C5)s4)C3=O)s2)cc1.CCCCCCN(CCCCCC)c1ccc(/C=C/c2cccs2)cc1.CCCCCCN(CCCCCC)c1ccc(C=O)cc1.CCOP(=O)(Cc1cccs1)OCC.CCOP(OCC)OCC.O=c1c(O)c(O)c1=O. The number of unbranched alkanes of at least 4 members (excludes halogenated alkanes) is 24. The summed E-state index contributed by atoms with van der Waals surface area (Å²) in [5.41, 5.74) is 6.90. The van der Waals surface area contributed by atoms with E-state index in [2.05, 4.69) is 247 Å². The van der Waals surface area contributed by atoms with Crippen molar-refractivity contribution in [3.05, 3.63) is 262 Å². The minimum absolute atomic E-state index is 0. The maximum absolute atomic E-state index is 13.4. The molecule has 4 aromatic carbocycles. The van der Waals surface area contributed by atoms with Gasteiger partial charge in [-0.15, -0.1) is 56.7 Å². The van der Waals surface area contributed by atoms with Gasteiger partial charge in [-0.2, -0.15) is 0 Å². The van der Waals surface area contributed by atoms with Crippen molar-refractivity contribution in [3.8, 4) is 11.5 Å². The third kappa shape index (κ3) is 55.0. The Morgan fingerprint density at radius 3 is 1.11 bits per heavy atom. The van der Waals surface area contributed by atoms with Gasteiger partial charge in [0.05, 0.1) is 39.2 Å². The molecule has 0 radical (unpaired) electrons. The Kier molecular flexibility index (Phi) is 78.3. The lowest BCUT2D eigenvalue weighted by molar-refractivity contribution is -0.292. The molecule has 0 saturated carbocycles. The van der Waals surface area contributed by atoms with Crippen LogP contribution in [0.15, 0.2) is 201 Å². The van der Waals surface area contributed by atoms with Crippen molar-refractivity contribution in [1.29, 1.82) is 0 Å². The fourth-order valence-electron chi connectivity index (χ4n) is 15.8. The number of hydrogen-bond acceptors (Lipinski definition) is 22. The topological polar surface area (TPSA) is 208 Å². The fourth-order valence-corrected chi connectivity index (χ4v) is 23.1. The van der Waals surface area contributed by atoms with Crippen molar-refractivity contribution >= 4 is 159 Å². The van der Waals surface area contributed by atoms with Crippen molar-refractivity contribution in [2.75, 3.05) is 100 Å². The Bertz CT molecular complexity index is 5160. The van der Waals surface area contributed by atoms with Crippen molar-refractivity contribution in [1.82, 2.24) is 4.90 Å². The number of anilines is 3. The molecule has 9 aromatic rings. The minimum Gasteiger partial charge on any atom is -0.871 e. The van der Waals surface area contributed by atoms with Gasteiger partial charge >= 0.3 is 16.2 Å². The summed E-state index contributed by atoms with van der Waals surface area (Å²) in [6, 6.07) is 46.5. The molecule has 818 valence electrons. The highest BCUT2D eigenvalue weighted by Crippen LogP contribution is 2.52. The Labute approximate surface area is 918 Å². The third-order valence-electron chi connectivity index (χ3n) is 24.0. The number of benzene rings is 3. The smallest absolute Gasteiger partial charge is 0.335 e.